The third-order valence-electron chi connectivity index (χ3n) is 10.7. The molecule has 0 N–H and O–H groups in total. The summed E-state index contributed by atoms with van der Waals surface area (Å²) in [6, 6.07) is 14.3. The molecule has 0 aliphatic carbocycles. The molecule has 3 atom stereocenters. The van der Waals surface area contributed by atoms with Crippen molar-refractivity contribution < 1.29 is 18.4 Å². The van der Waals surface area contributed by atoms with Crippen LogP contribution in [-0.2, 0) is 17.8 Å². The minimum absolute atomic E-state index is 0.157. The number of benzene rings is 2. The van der Waals surface area contributed by atoms with E-state index in [1.165, 1.54) is 12.2 Å². The number of ether oxygens (including phenoxy) is 1. The summed E-state index contributed by atoms with van der Waals surface area (Å²) in [6.45, 7) is 5.91. The molecule has 0 unspecified atom stereocenters. The van der Waals surface area contributed by atoms with E-state index in [-0.39, 0.29) is 35.8 Å². The van der Waals surface area contributed by atoms with Crippen molar-refractivity contribution in [2.45, 2.75) is 63.3 Å². The van der Waals surface area contributed by atoms with Crippen LogP contribution in [0.2, 0.25) is 5.02 Å². The Morgan fingerprint density at radius 3 is 2.82 bits per heavy atom. The third kappa shape index (κ3) is 6.47. The molecule has 2 aromatic carbocycles. The Morgan fingerprint density at radius 2 is 2.00 bits per heavy atom. The van der Waals surface area contributed by atoms with E-state index >= 15 is 0 Å². The van der Waals surface area contributed by atoms with Crippen LogP contribution in [0.5, 0.6) is 6.01 Å². The van der Waals surface area contributed by atoms with Gasteiger partial charge >= 0.3 is 6.01 Å². The van der Waals surface area contributed by atoms with E-state index in [0.29, 0.717) is 63.0 Å². The monoisotopic (exact) mass is 711 g/mol. The van der Waals surface area contributed by atoms with E-state index in [0.717, 1.165) is 59.5 Å². The predicted molar refractivity (Wildman–Crippen MR) is 190 cm³/mol. The number of carbonyl (C=O) groups excluding carboxylic acids is 1. The maximum Gasteiger partial charge on any atom is 0.318 e. The number of amides is 1. The summed E-state index contributed by atoms with van der Waals surface area (Å²) in [5.41, 5.74) is 2.57. The molecule has 4 aliphatic rings. The second kappa shape index (κ2) is 13.7. The number of anilines is 2. The fraction of sp³-hybridized carbons (Fsp3) is 0.459. The van der Waals surface area contributed by atoms with Crippen LogP contribution in [0.15, 0.2) is 47.0 Å². The van der Waals surface area contributed by atoms with Crippen molar-refractivity contribution in [3.8, 4) is 12.1 Å². The van der Waals surface area contributed by atoms with Gasteiger partial charge in [-0.15, -0.1) is 0 Å². The first kappa shape index (κ1) is 33.3. The number of fused-ring (bicyclic) bond motifs is 3. The molecule has 14 heteroatoms. The van der Waals surface area contributed by atoms with Crippen molar-refractivity contribution in [2.75, 3.05) is 55.7 Å². The van der Waals surface area contributed by atoms with Crippen molar-refractivity contribution in [1.29, 1.82) is 5.26 Å². The van der Waals surface area contributed by atoms with Gasteiger partial charge in [-0.25, -0.2) is 4.39 Å². The molecule has 3 fully saturated rings. The number of halogens is 2. The fourth-order valence-electron chi connectivity index (χ4n) is 8.34. The molecular weight excluding hydrogens is 673 g/mol. The van der Waals surface area contributed by atoms with Gasteiger partial charge in [0.15, 0.2) is 5.82 Å². The van der Waals surface area contributed by atoms with Gasteiger partial charge in [0.2, 0.25) is 5.91 Å². The highest BCUT2D eigenvalue weighted by Gasteiger charge is 2.49. The number of hydrogen-bond donors (Lipinski definition) is 0. The molecular formula is C37H39ClFN9O3. The first-order valence-electron chi connectivity index (χ1n) is 17.5. The minimum atomic E-state index is -0.864. The SMILES string of the molecule is Cc1noc(/C=C/C(=O)N2CCN(c3nc(OC[C@@]45CCCN4C[C@H](F)C5)nc4c3CCN(c3cccc5cccc(Cl)c35)C4)C[C@@H]2CC#N)n1. The van der Waals surface area contributed by atoms with Gasteiger partial charge in [0.1, 0.15) is 18.6 Å². The summed E-state index contributed by atoms with van der Waals surface area (Å²) in [4.78, 5) is 35.9. The molecule has 4 aliphatic heterocycles. The minimum Gasteiger partial charge on any atom is -0.461 e. The number of aromatic nitrogens is 4. The van der Waals surface area contributed by atoms with E-state index < -0.39 is 6.17 Å². The Labute approximate surface area is 300 Å². The predicted octanol–water partition coefficient (Wildman–Crippen LogP) is 5.14. The van der Waals surface area contributed by atoms with Crippen molar-refractivity contribution >= 4 is 45.9 Å². The number of aryl methyl sites for hydroxylation is 1. The Balaban J connectivity index is 1.10. The number of piperazine rings is 1. The van der Waals surface area contributed by atoms with Gasteiger partial charge in [0, 0.05) is 67.9 Å². The Morgan fingerprint density at radius 1 is 1.14 bits per heavy atom. The normalized spacial score (nSPS) is 23.5. The number of rotatable bonds is 8. The molecule has 8 rings (SSSR count). The Hall–Kier alpha value is -4.80. The van der Waals surface area contributed by atoms with Crippen LogP contribution < -0.4 is 14.5 Å². The van der Waals surface area contributed by atoms with Gasteiger partial charge in [-0.05, 0) is 50.2 Å². The summed E-state index contributed by atoms with van der Waals surface area (Å²) in [5.74, 6) is 1.25. The lowest BCUT2D eigenvalue weighted by Gasteiger charge is -2.42. The zero-order valence-corrected chi connectivity index (χ0v) is 29.2. The van der Waals surface area contributed by atoms with Crippen LogP contribution in [0.4, 0.5) is 15.9 Å². The smallest absolute Gasteiger partial charge is 0.318 e. The lowest BCUT2D eigenvalue weighted by atomic mass is 9.95. The first-order valence-corrected chi connectivity index (χ1v) is 17.9. The third-order valence-corrected chi connectivity index (χ3v) is 11.0. The van der Waals surface area contributed by atoms with Crippen molar-refractivity contribution in [3.05, 3.63) is 70.5 Å². The summed E-state index contributed by atoms with van der Waals surface area (Å²) >= 11 is 6.74. The topological polar surface area (TPSA) is 128 Å². The van der Waals surface area contributed by atoms with E-state index in [1.54, 1.807) is 11.8 Å². The largest absolute Gasteiger partial charge is 0.461 e. The number of hydrogen-bond acceptors (Lipinski definition) is 11. The van der Waals surface area contributed by atoms with Crippen molar-refractivity contribution in [1.82, 2.24) is 29.9 Å². The molecule has 0 bridgehead atoms. The molecule has 51 heavy (non-hydrogen) atoms. The van der Waals surface area contributed by atoms with Gasteiger partial charge < -0.3 is 24.0 Å². The summed E-state index contributed by atoms with van der Waals surface area (Å²) in [7, 11) is 0. The van der Waals surface area contributed by atoms with Crippen LogP contribution in [0.1, 0.15) is 48.7 Å². The molecule has 3 saturated heterocycles. The van der Waals surface area contributed by atoms with Gasteiger partial charge in [0.05, 0.1) is 41.3 Å². The highest BCUT2D eigenvalue weighted by atomic mass is 35.5. The molecule has 12 nitrogen and oxygen atoms in total. The quantitative estimate of drug-likeness (QED) is 0.226. The second-order valence-electron chi connectivity index (χ2n) is 13.9. The van der Waals surface area contributed by atoms with E-state index in [4.69, 9.17) is 30.8 Å². The molecule has 0 saturated carbocycles. The average molecular weight is 712 g/mol. The second-order valence-corrected chi connectivity index (χ2v) is 14.3. The molecule has 0 spiro atoms. The van der Waals surface area contributed by atoms with Crippen molar-refractivity contribution in [3.63, 3.8) is 0 Å². The summed E-state index contributed by atoms with van der Waals surface area (Å²) < 4.78 is 26.2. The van der Waals surface area contributed by atoms with Gasteiger partial charge in [-0.3, -0.25) is 9.69 Å². The maximum atomic E-state index is 14.6. The molecule has 264 valence electrons. The zero-order valence-electron chi connectivity index (χ0n) is 28.5. The lowest BCUT2D eigenvalue weighted by molar-refractivity contribution is -0.128. The first-order chi connectivity index (χ1) is 24.8. The molecule has 6 heterocycles. The van der Waals surface area contributed by atoms with Crippen LogP contribution in [0.3, 0.4) is 0 Å². The number of nitrogens with zero attached hydrogens (tertiary/aromatic N) is 9. The van der Waals surface area contributed by atoms with E-state index in [9.17, 15) is 14.4 Å². The maximum absolute atomic E-state index is 14.6. The summed E-state index contributed by atoms with van der Waals surface area (Å²) in [6.07, 6.45) is 5.24. The Bertz CT molecular complexity index is 2030. The fourth-order valence-corrected chi connectivity index (χ4v) is 8.62. The van der Waals surface area contributed by atoms with Crippen LogP contribution >= 0.6 is 11.6 Å². The standard InChI is InChI=1S/C37H39ClFN9O3/c1-24-41-32(51-44-24)9-10-33(49)48-18-17-46(21-27(48)11-14-40)35-28-12-16-45(31-8-3-6-25-5-2-7-29(38)34(25)31)22-30(28)42-36(43-35)50-23-37-13-4-15-47(37)20-26(39)19-37/h2-3,5-10,26-27H,4,11-13,15-23H2,1H3/b10-9+/t26-,27+,37+/m1/s1. The number of carbonyl (C=O) groups is 1. The van der Waals surface area contributed by atoms with Gasteiger partial charge in [-0.2, -0.15) is 20.2 Å². The number of alkyl halides is 1. The highest BCUT2D eigenvalue weighted by Crippen LogP contribution is 2.41. The van der Waals surface area contributed by atoms with Crippen LogP contribution in [0, 0.1) is 18.3 Å². The Kier molecular flexibility index (Phi) is 8.98. The highest BCUT2D eigenvalue weighted by molar-refractivity contribution is 6.36. The van der Waals surface area contributed by atoms with Crippen LogP contribution in [-0.4, -0.2) is 99.4 Å². The molecule has 2 aromatic heterocycles. The number of nitriles is 1. The average Bonchev–Trinajstić information content (AvgIpc) is 3.82. The lowest BCUT2D eigenvalue weighted by Crippen LogP contribution is -2.55. The molecule has 4 aromatic rings. The van der Waals surface area contributed by atoms with Gasteiger partial charge in [-0.1, -0.05) is 41.0 Å². The van der Waals surface area contributed by atoms with Gasteiger partial charge in [0.25, 0.3) is 5.89 Å². The molecule has 1 amide bonds. The zero-order chi connectivity index (χ0) is 35.1. The summed E-state index contributed by atoms with van der Waals surface area (Å²) in [5, 5.41) is 16.3. The van der Waals surface area contributed by atoms with E-state index in [1.807, 2.05) is 18.2 Å². The van der Waals surface area contributed by atoms with Crippen LogP contribution in [0.25, 0.3) is 16.8 Å². The molecule has 0 radical (unpaired) electrons. The van der Waals surface area contributed by atoms with E-state index in [2.05, 4.69) is 49.1 Å². The van der Waals surface area contributed by atoms with Crippen molar-refractivity contribution in [2.24, 2.45) is 0 Å².